The maximum atomic E-state index is 12.0. The van der Waals surface area contributed by atoms with Crippen LogP contribution in [0.1, 0.15) is 13.8 Å². The minimum Gasteiger partial charge on any atom is -0.321 e. The quantitative estimate of drug-likeness (QED) is 0.817. The molecule has 0 aliphatic heterocycles. The average Bonchev–Trinajstić information content (AvgIpc) is 2.30. The lowest BCUT2D eigenvalue weighted by Gasteiger charge is -2.22. The first-order chi connectivity index (χ1) is 8.45. The van der Waals surface area contributed by atoms with Crippen LogP contribution in [0.4, 0.5) is 10.5 Å². The molecule has 0 radical (unpaired) electrons. The number of hydrogen-bond donors (Lipinski definition) is 1. The Hall–Kier alpha value is -1.19. The molecule has 0 saturated heterocycles. The number of carbonyl (C=O) groups excluding carboxylic acids is 1. The van der Waals surface area contributed by atoms with Crippen LogP contribution in [0.15, 0.2) is 30.4 Å². The zero-order valence-corrected chi connectivity index (χ0v) is 12.0. The van der Waals surface area contributed by atoms with Gasteiger partial charge in [0.1, 0.15) is 0 Å². The van der Waals surface area contributed by atoms with Crippen LogP contribution in [0.5, 0.6) is 0 Å². The molecule has 1 rings (SSSR count). The summed E-state index contributed by atoms with van der Waals surface area (Å²) in [6.45, 7) is 8.66. The SMILES string of the molecule is C=C(C)CN(CC)C(=O)Nc1c(Cl)cccc1Cl. The van der Waals surface area contributed by atoms with E-state index in [4.69, 9.17) is 23.2 Å². The Morgan fingerprint density at radius 2 is 1.94 bits per heavy atom. The molecule has 0 saturated carbocycles. The number of amides is 2. The smallest absolute Gasteiger partial charge is 0.321 e. The van der Waals surface area contributed by atoms with Gasteiger partial charge in [-0.05, 0) is 26.0 Å². The fourth-order valence-corrected chi connectivity index (χ4v) is 1.95. The molecule has 0 atom stereocenters. The summed E-state index contributed by atoms with van der Waals surface area (Å²) in [7, 11) is 0. The first-order valence-corrected chi connectivity index (χ1v) is 6.35. The first kappa shape index (κ1) is 14.9. The van der Waals surface area contributed by atoms with Crippen molar-refractivity contribution in [3.8, 4) is 0 Å². The molecular formula is C13H16Cl2N2O. The van der Waals surface area contributed by atoms with E-state index in [1.165, 1.54) is 0 Å². The number of carbonyl (C=O) groups is 1. The number of para-hydroxylation sites is 1. The van der Waals surface area contributed by atoms with Crippen molar-refractivity contribution in [1.82, 2.24) is 4.90 Å². The van der Waals surface area contributed by atoms with E-state index in [0.29, 0.717) is 28.8 Å². The number of urea groups is 1. The molecule has 18 heavy (non-hydrogen) atoms. The summed E-state index contributed by atoms with van der Waals surface area (Å²) in [4.78, 5) is 13.7. The van der Waals surface area contributed by atoms with Crippen molar-refractivity contribution in [1.29, 1.82) is 0 Å². The molecule has 0 unspecified atom stereocenters. The van der Waals surface area contributed by atoms with Crippen molar-refractivity contribution < 1.29 is 4.79 Å². The number of hydrogen-bond acceptors (Lipinski definition) is 1. The molecule has 1 aromatic rings. The molecule has 98 valence electrons. The van der Waals surface area contributed by atoms with Crippen molar-refractivity contribution >= 4 is 34.9 Å². The van der Waals surface area contributed by atoms with Gasteiger partial charge in [0.25, 0.3) is 0 Å². The molecule has 1 N–H and O–H groups in total. The van der Waals surface area contributed by atoms with Gasteiger partial charge < -0.3 is 10.2 Å². The van der Waals surface area contributed by atoms with Gasteiger partial charge in [0.2, 0.25) is 0 Å². The minimum atomic E-state index is -0.240. The second-order valence-electron chi connectivity index (χ2n) is 4.00. The lowest BCUT2D eigenvalue weighted by Crippen LogP contribution is -2.36. The minimum absolute atomic E-state index is 0.240. The molecule has 0 aliphatic rings. The van der Waals surface area contributed by atoms with E-state index in [0.717, 1.165) is 5.57 Å². The standard InChI is InChI=1S/C13H16Cl2N2O/c1-4-17(8-9(2)3)13(18)16-12-10(14)6-5-7-11(12)15/h5-7H,2,4,8H2,1,3H3,(H,16,18). The van der Waals surface area contributed by atoms with Gasteiger partial charge in [-0.25, -0.2) is 4.79 Å². The first-order valence-electron chi connectivity index (χ1n) is 5.60. The van der Waals surface area contributed by atoms with Gasteiger partial charge in [-0.15, -0.1) is 0 Å². The van der Waals surface area contributed by atoms with Crippen molar-refractivity contribution in [2.45, 2.75) is 13.8 Å². The van der Waals surface area contributed by atoms with Gasteiger partial charge in [0.15, 0.2) is 0 Å². The van der Waals surface area contributed by atoms with Crippen LogP contribution in [-0.4, -0.2) is 24.0 Å². The highest BCUT2D eigenvalue weighted by molar-refractivity contribution is 6.39. The molecule has 0 spiro atoms. The number of anilines is 1. The summed E-state index contributed by atoms with van der Waals surface area (Å²) >= 11 is 12.0. The number of nitrogens with zero attached hydrogens (tertiary/aromatic N) is 1. The van der Waals surface area contributed by atoms with E-state index in [9.17, 15) is 4.79 Å². The second kappa shape index (κ2) is 6.66. The van der Waals surface area contributed by atoms with Crippen LogP contribution >= 0.6 is 23.2 Å². The van der Waals surface area contributed by atoms with Gasteiger partial charge in [0.05, 0.1) is 15.7 Å². The van der Waals surface area contributed by atoms with Crippen LogP contribution in [0.2, 0.25) is 10.0 Å². The summed E-state index contributed by atoms with van der Waals surface area (Å²) in [5.41, 5.74) is 1.35. The monoisotopic (exact) mass is 286 g/mol. The molecule has 2 amide bonds. The highest BCUT2D eigenvalue weighted by atomic mass is 35.5. The molecule has 1 aromatic carbocycles. The summed E-state index contributed by atoms with van der Waals surface area (Å²) in [5, 5.41) is 3.55. The van der Waals surface area contributed by atoms with Gasteiger partial charge in [-0.2, -0.15) is 0 Å². The fraction of sp³-hybridized carbons (Fsp3) is 0.308. The van der Waals surface area contributed by atoms with E-state index in [2.05, 4.69) is 11.9 Å². The average molecular weight is 287 g/mol. The van der Waals surface area contributed by atoms with Crippen molar-refractivity contribution in [3.63, 3.8) is 0 Å². The largest absolute Gasteiger partial charge is 0.322 e. The van der Waals surface area contributed by atoms with Crippen LogP contribution in [-0.2, 0) is 0 Å². The van der Waals surface area contributed by atoms with Gasteiger partial charge >= 0.3 is 6.03 Å². The molecule has 0 fully saturated rings. The van der Waals surface area contributed by atoms with Crippen molar-refractivity contribution in [2.75, 3.05) is 18.4 Å². The Bertz CT molecular complexity index is 440. The Morgan fingerprint density at radius 3 is 2.39 bits per heavy atom. The zero-order chi connectivity index (χ0) is 13.7. The molecular weight excluding hydrogens is 271 g/mol. The van der Waals surface area contributed by atoms with E-state index in [1.807, 2.05) is 13.8 Å². The van der Waals surface area contributed by atoms with Gasteiger partial charge in [0, 0.05) is 13.1 Å². The third kappa shape index (κ3) is 3.93. The number of rotatable bonds is 4. The number of likely N-dealkylation sites (N-methyl/N-ethyl adjacent to an activating group) is 1. The summed E-state index contributed by atoms with van der Waals surface area (Å²) < 4.78 is 0. The van der Waals surface area contributed by atoms with Crippen LogP contribution in [0.25, 0.3) is 0 Å². The van der Waals surface area contributed by atoms with E-state index >= 15 is 0 Å². The van der Waals surface area contributed by atoms with E-state index in [1.54, 1.807) is 23.1 Å². The lowest BCUT2D eigenvalue weighted by atomic mass is 10.3. The van der Waals surface area contributed by atoms with Gasteiger partial charge in [-0.3, -0.25) is 0 Å². The highest BCUT2D eigenvalue weighted by Gasteiger charge is 2.14. The maximum Gasteiger partial charge on any atom is 0.322 e. The van der Waals surface area contributed by atoms with Crippen molar-refractivity contribution in [3.05, 3.63) is 40.4 Å². The number of halogens is 2. The lowest BCUT2D eigenvalue weighted by molar-refractivity contribution is 0.218. The second-order valence-corrected chi connectivity index (χ2v) is 4.81. The predicted molar refractivity (Wildman–Crippen MR) is 77.5 cm³/mol. The Kier molecular flexibility index (Phi) is 5.51. The topological polar surface area (TPSA) is 32.3 Å². The zero-order valence-electron chi connectivity index (χ0n) is 10.5. The Morgan fingerprint density at radius 1 is 1.39 bits per heavy atom. The molecule has 0 aliphatic carbocycles. The summed E-state index contributed by atoms with van der Waals surface area (Å²) in [5.74, 6) is 0. The maximum absolute atomic E-state index is 12.0. The highest BCUT2D eigenvalue weighted by Crippen LogP contribution is 2.29. The third-order valence-corrected chi connectivity index (χ3v) is 2.95. The van der Waals surface area contributed by atoms with E-state index in [-0.39, 0.29) is 6.03 Å². The van der Waals surface area contributed by atoms with Crippen LogP contribution in [0.3, 0.4) is 0 Å². The number of benzene rings is 1. The fourth-order valence-electron chi connectivity index (χ4n) is 1.46. The van der Waals surface area contributed by atoms with E-state index < -0.39 is 0 Å². The van der Waals surface area contributed by atoms with Crippen molar-refractivity contribution in [2.24, 2.45) is 0 Å². The summed E-state index contributed by atoms with van der Waals surface area (Å²) in [6.07, 6.45) is 0. The number of nitrogens with one attached hydrogen (secondary N) is 1. The molecule has 3 nitrogen and oxygen atoms in total. The van der Waals surface area contributed by atoms with Crippen LogP contribution < -0.4 is 5.32 Å². The Balaban J connectivity index is 2.83. The molecule has 5 heteroatoms. The predicted octanol–water partition coefficient (Wildman–Crippen LogP) is 4.42. The normalized spacial score (nSPS) is 10.0. The molecule has 0 aromatic heterocycles. The van der Waals surface area contributed by atoms with Crippen LogP contribution in [0, 0.1) is 0 Å². The molecule has 0 bridgehead atoms. The Labute approximate surface area is 117 Å². The summed E-state index contributed by atoms with van der Waals surface area (Å²) in [6, 6.07) is 4.85. The third-order valence-electron chi connectivity index (χ3n) is 2.32. The van der Waals surface area contributed by atoms with Gasteiger partial charge in [-0.1, -0.05) is 41.4 Å². The molecule has 0 heterocycles.